The van der Waals surface area contributed by atoms with Crippen molar-refractivity contribution < 1.29 is 4.79 Å². The second-order valence-electron chi connectivity index (χ2n) is 6.08. The quantitative estimate of drug-likeness (QED) is 0.690. The van der Waals surface area contributed by atoms with Crippen molar-refractivity contribution in [1.82, 2.24) is 9.97 Å². The summed E-state index contributed by atoms with van der Waals surface area (Å²) < 4.78 is 1.05. The molecule has 4 rings (SSSR count). The molecule has 128 valence electrons. The number of anilines is 2. The highest BCUT2D eigenvalue weighted by molar-refractivity contribution is 9.10. The maximum atomic E-state index is 12.4. The van der Waals surface area contributed by atoms with Crippen LogP contribution in [0.15, 0.2) is 46.5 Å². The molecule has 3 aromatic rings. The van der Waals surface area contributed by atoms with Crippen LogP contribution >= 0.6 is 27.3 Å². The van der Waals surface area contributed by atoms with E-state index in [1.54, 1.807) is 6.20 Å². The Kier molecular flexibility index (Phi) is 4.67. The molecule has 0 radical (unpaired) electrons. The Morgan fingerprint density at radius 3 is 2.80 bits per heavy atom. The molecular weight excluding hydrogens is 400 g/mol. The molecular formula is C18H17BrN4OS. The number of halogens is 1. The average molecular weight is 417 g/mol. The highest BCUT2D eigenvalue weighted by Gasteiger charge is 2.26. The predicted molar refractivity (Wildman–Crippen MR) is 105 cm³/mol. The summed E-state index contributed by atoms with van der Waals surface area (Å²) in [5, 5.41) is 6.60. The van der Waals surface area contributed by atoms with Crippen LogP contribution in [0.1, 0.15) is 12.8 Å². The summed E-state index contributed by atoms with van der Waals surface area (Å²) in [5.41, 5.74) is 2.18. The molecule has 0 spiro atoms. The number of carbonyl (C=O) groups is 1. The summed E-state index contributed by atoms with van der Waals surface area (Å²) in [7, 11) is 0. The zero-order valence-corrected chi connectivity index (χ0v) is 15.9. The van der Waals surface area contributed by atoms with Crippen LogP contribution < -0.4 is 10.2 Å². The van der Waals surface area contributed by atoms with Gasteiger partial charge in [0.1, 0.15) is 0 Å². The first-order chi connectivity index (χ1) is 12.2. The Balaban J connectivity index is 1.47. The van der Waals surface area contributed by atoms with E-state index in [-0.39, 0.29) is 11.8 Å². The third-order valence-corrected chi connectivity index (χ3v) is 5.73. The fraction of sp³-hybridized carbons (Fsp3) is 0.278. The lowest BCUT2D eigenvalue weighted by Crippen LogP contribution is -2.38. The second kappa shape index (κ2) is 7.09. The van der Waals surface area contributed by atoms with Crippen molar-refractivity contribution in [3.8, 4) is 0 Å². The number of piperidine rings is 1. The first-order valence-corrected chi connectivity index (χ1v) is 9.87. The third-order valence-electron chi connectivity index (χ3n) is 4.55. The number of benzene rings is 1. The Labute approximate surface area is 158 Å². The summed E-state index contributed by atoms with van der Waals surface area (Å²) >= 11 is 4.99. The molecule has 1 amide bonds. The van der Waals surface area contributed by atoms with Crippen molar-refractivity contribution in [2.75, 3.05) is 23.3 Å². The molecule has 1 fully saturated rings. The zero-order chi connectivity index (χ0) is 17.2. The average Bonchev–Trinajstić information content (AvgIpc) is 3.14. The van der Waals surface area contributed by atoms with E-state index in [0.717, 1.165) is 41.3 Å². The molecule has 1 aliphatic rings. The lowest BCUT2D eigenvalue weighted by Gasteiger charge is -2.33. The van der Waals surface area contributed by atoms with E-state index in [1.807, 2.05) is 23.7 Å². The van der Waals surface area contributed by atoms with Gasteiger partial charge in [-0.1, -0.05) is 15.9 Å². The minimum absolute atomic E-state index is 0.0417. The van der Waals surface area contributed by atoms with E-state index < -0.39 is 0 Å². The molecule has 1 aromatic carbocycles. The number of hydrogen-bond donors (Lipinski definition) is 1. The number of amides is 1. The molecule has 1 N–H and O–H groups in total. The Morgan fingerprint density at radius 2 is 2.04 bits per heavy atom. The van der Waals surface area contributed by atoms with Crippen molar-refractivity contribution in [1.29, 1.82) is 0 Å². The molecule has 3 heterocycles. The fourth-order valence-electron chi connectivity index (χ4n) is 3.25. The first kappa shape index (κ1) is 16.5. The predicted octanol–water partition coefficient (Wildman–Crippen LogP) is 4.31. The molecule has 0 bridgehead atoms. The van der Waals surface area contributed by atoms with Crippen LogP contribution in [-0.2, 0) is 4.79 Å². The monoisotopic (exact) mass is 416 g/mol. The van der Waals surface area contributed by atoms with Crippen molar-refractivity contribution in [3.05, 3.63) is 46.5 Å². The van der Waals surface area contributed by atoms with Crippen LogP contribution in [0.4, 0.5) is 10.8 Å². The lowest BCUT2D eigenvalue weighted by atomic mass is 9.95. The topological polar surface area (TPSA) is 58.1 Å². The van der Waals surface area contributed by atoms with Crippen LogP contribution in [0, 0.1) is 5.92 Å². The molecule has 2 aromatic heterocycles. The summed E-state index contributed by atoms with van der Waals surface area (Å²) in [6.45, 7) is 1.73. The van der Waals surface area contributed by atoms with Gasteiger partial charge in [0, 0.05) is 52.3 Å². The van der Waals surface area contributed by atoms with Crippen LogP contribution in [0.3, 0.4) is 0 Å². The Morgan fingerprint density at radius 1 is 1.20 bits per heavy atom. The van der Waals surface area contributed by atoms with Gasteiger partial charge in [0.25, 0.3) is 0 Å². The minimum Gasteiger partial charge on any atom is -0.371 e. The van der Waals surface area contributed by atoms with Crippen molar-refractivity contribution >= 4 is 54.9 Å². The molecule has 0 aliphatic carbocycles. The molecule has 1 saturated heterocycles. The largest absolute Gasteiger partial charge is 0.371 e. The van der Waals surface area contributed by atoms with E-state index in [1.165, 1.54) is 17.0 Å². The van der Waals surface area contributed by atoms with E-state index in [2.05, 4.69) is 48.2 Å². The van der Waals surface area contributed by atoms with Crippen LogP contribution in [-0.4, -0.2) is 29.0 Å². The number of hydrogen-bond acceptors (Lipinski definition) is 5. The smallest absolute Gasteiger partial charge is 0.229 e. The van der Waals surface area contributed by atoms with E-state index >= 15 is 0 Å². The van der Waals surface area contributed by atoms with Crippen LogP contribution in [0.2, 0.25) is 0 Å². The molecule has 5 nitrogen and oxygen atoms in total. The van der Waals surface area contributed by atoms with Gasteiger partial charge in [-0.3, -0.25) is 9.78 Å². The van der Waals surface area contributed by atoms with Gasteiger partial charge >= 0.3 is 0 Å². The maximum absolute atomic E-state index is 12.4. The van der Waals surface area contributed by atoms with E-state index in [0.29, 0.717) is 5.13 Å². The summed E-state index contributed by atoms with van der Waals surface area (Å²) in [5.74, 6) is 0.122. The number of carbonyl (C=O) groups excluding carboxylic acids is 1. The number of aromatic nitrogens is 2. The third kappa shape index (κ3) is 3.52. The van der Waals surface area contributed by atoms with Gasteiger partial charge in [0.05, 0.1) is 5.52 Å². The van der Waals surface area contributed by atoms with Gasteiger partial charge in [-0.25, -0.2) is 4.98 Å². The van der Waals surface area contributed by atoms with Gasteiger partial charge in [-0.05, 0) is 37.1 Å². The van der Waals surface area contributed by atoms with Crippen molar-refractivity contribution in [3.63, 3.8) is 0 Å². The van der Waals surface area contributed by atoms with Crippen LogP contribution in [0.25, 0.3) is 10.9 Å². The van der Waals surface area contributed by atoms with Crippen LogP contribution in [0.5, 0.6) is 0 Å². The Hall–Kier alpha value is -1.99. The van der Waals surface area contributed by atoms with Gasteiger partial charge in [0.15, 0.2) is 5.13 Å². The van der Waals surface area contributed by atoms with Gasteiger partial charge in [-0.2, -0.15) is 0 Å². The van der Waals surface area contributed by atoms with E-state index in [4.69, 9.17) is 0 Å². The number of nitrogens with one attached hydrogen (secondary N) is 1. The highest BCUT2D eigenvalue weighted by atomic mass is 79.9. The first-order valence-electron chi connectivity index (χ1n) is 8.20. The zero-order valence-electron chi connectivity index (χ0n) is 13.5. The van der Waals surface area contributed by atoms with E-state index in [9.17, 15) is 4.79 Å². The molecule has 0 saturated carbocycles. The van der Waals surface area contributed by atoms with Gasteiger partial charge in [0.2, 0.25) is 5.91 Å². The number of fused-ring (bicyclic) bond motifs is 1. The molecule has 0 unspecified atom stereocenters. The number of thiazole rings is 1. The number of rotatable bonds is 3. The molecule has 0 atom stereocenters. The standard InChI is InChI=1S/C18H17BrN4OS/c19-13-1-2-15-14(11-13)16(3-6-20-15)23-8-4-12(5-9-23)17(24)22-18-21-7-10-25-18/h1-3,6-7,10-12H,4-5,8-9H2,(H,21,22,24). The molecule has 7 heteroatoms. The molecule has 25 heavy (non-hydrogen) atoms. The summed E-state index contributed by atoms with van der Waals surface area (Å²) in [4.78, 5) is 23.3. The fourth-order valence-corrected chi connectivity index (χ4v) is 4.15. The SMILES string of the molecule is O=C(Nc1nccs1)C1CCN(c2ccnc3ccc(Br)cc23)CC1. The summed E-state index contributed by atoms with van der Waals surface area (Å²) in [6.07, 6.45) is 5.24. The summed E-state index contributed by atoms with van der Waals surface area (Å²) in [6, 6.07) is 8.20. The second-order valence-corrected chi connectivity index (χ2v) is 7.89. The minimum atomic E-state index is 0.0417. The normalized spacial score (nSPS) is 15.5. The molecule has 1 aliphatic heterocycles. The lowest BCUT2D eigenvalue weighted by molar-refractivity contribution is -0.120. The number of pyridine rings is 1. The number of nitrogens with zero attached hydrogens (tertiary/aromatic N) is 3. The van der Waals surface area contributed by atoms with Gasteiger partial charge in [-0.15, -0.1) is 11.3 Å². The van der Waals surface area contributed by atoms with Gasteiger partial charge < -0.3 is 10.2 Å². The van der Waals surface area contributed by atoms with Crippen molar-refractivity contribution in [2.45, 2.75) is 12.8 Å². The van der Waals surface area contributed by atoms with Crippen molar-refractivity contribution in [2.24, 2.45) is 5.92 Å². The highest BCUT2D eigenvalue weighted by Crippen LogP contribution is 2.31. The Bertz CT molecular complexity index is 891. The maximum Gasteiger partial charge on any atom is 0.229 e.